The van der Waals surface area contributed by atoms with Crippen LogP contribution in [0, 0.1) is 0 Å². The Morgan fingerprint density at radius 3 is 2.11 bits per heavy atom. The molecule has 108 valence electrons. The summed E-state index contributed by atoms with van der Waals surface area (Å²) in [7, 11) is -8.75. The lowest BCUT2D eigenvalue weighted by Crippen LogP contribution is -2.29. The Morgan fingerprint density at radius 1 is 1.16 bits per heavy atom. The van der Waals surface area contributed by atoms with Crippen molar-refractivity contribution in [3.63, 3.8) is 0 Å². The van der Waals surface area contributed by atoms with Crippen molar-refractivity contribution in [1.29, 1.82) is 0 Å². The van der Waals surface area contributed by atoms with E-state index in [0.29, 0.717) is 6.26 Å². The molecule has 0 spiro atoms. The first-order chi connectivity index (χ1) is 8.33. The van der Waals surface area contributed by atoms with E-state index >= 15 is 0 Å². The molecule has 0 saturated heterocycles. The van der Waals surface area contributed by atoms with Crippen molar-refractivity contribution < 1.29 is 30.0 Å². The number of benzene rings is 1. The van der Waals surface area contributed by atoms with Gasteiger partial charge in [0, 0.05) is 5.69 Å². The Hall–Kier alpha value is -1.33. The zero-order valence-electron chi connectivity index (χ0n) is 9.39. The van der Waals surface area contributed by atoms with Gasteiger partial charge in [-0.25, -0.2) is 16.8 Å². The quantitative estimate of drug-likeness (QED) is 0.791. The predicted molar refractivity (Wildman–Crippen MR) is 61.0 cm³/mol. The molecule has 19 heavy (non-hydrogen) atoms. The molecular weight excluding hydrogens is 309 g/mol. The lowest BCUT2D eigenvalue weighted by molar-refractivity contribution is -0.137. The molecule has 3 N–H and O–H groups in total. The average Bonchev–Trinajstić information content (AvgIpc) is 2.11. The highest BCUT2D eigenvalue weighted by Crippen LogP contribution is 2.34. The fourth-order valence-electron chi connectivity index (χ4n) is 1.20. The molecule has 6 nitrogen and oxygen atoms in total. The summed E-state index contributed by atoms with van der Waals surface area (Å²) >= 11 is 0. The number of rotatable bonds is 3. The molecule has 0 fully saturated rings. The minimum Gasteiger partial charge on any atom is -0.398 e. The topological polar surface area (TPSA) is 106 Å². The highest BCUT2D eigenvalue weighted by molar-refractivity contribution is 8.04. The smallest absolute Gasteiger partial charge is 0.398 e. The van der Waals surface area contributed by atoms with E-state index in [0.717, 1.165) is 12.1 Å². The maximum atomic E-state index is 12.5. The van der Waals surface area contributed by atoms with Gasteiger partial charge in [0.1, 0.15) is 0 Å². The van der Waals surface area contributed by atoms with Gasteiger partial charge in [0.15, 0.2) is 0 Å². The summed E-state index contributed by atoms with van der Waals surface area (Å²) in [5, 5.41) is 0. The van der Waals surface area contributed by atoms with Crippen molar-refractivity contribution >= 4 is 25.7 Å². The fourth-order valence-corrected chi connectivity index (χ4v) is 3.69. The minimum atomic E-state index is -4.85. The number of nitrogens with one attached hydrogen (secondary N) is 1. The van der Waals surface area contributed by atoms with Crippen molar-refractivity contribution in [2.45, 2.75) is 11.1 Å². The first kappa shape index (κ1) is 15.7. The summed E-state index contributed by atoms with van der Waals surface area (Å²) in [6.45, 7) is 0. The third kappa shape index (κ3) is 4.08. The minimum absolute atomic E-state index is 0.267. The summed E-state index contributed by atoms with van der Waals surface area (Å²) in [6, 6.07) is 1.78. The molecule has 1 aromatic carbocycles. The molecular formula is C8H9F3N2O4S2. The summed E-state index contributed by atoms with van der Waals surface area (Å²) < 4.78 is 83.6. The molecule has 0 heterocycles. The Labute approximate surface area is 107 Å². The van der Waals surface area contributed by atoms with E-state index in [4.69, 9.17) is 5.73 Å². The van der Waals surface area contributed by atoms with Gasteiger partial charge in [-0.1, -0.05) is 0 Å². The van der Waals surface area contributed by atoms with Gasteiger partial charge in [0.2, 0.25) is 10.0 Å². The molecule has 0 bridgehead atoms. The average molecular weight is 318 g/mol. The van der Waals surface area contributed by atoms with Gasteiger partial charge >= 0.3 is 6.18 Å². The monoisotopic (exact) mass is 318 g/mol. The SMILES string of the molecule is CS(=O)(=O)NS(=O)(=O)c1ccc(N)c(C(F)(F)F)c1. The van der Waals surface area contributed by atoms with Crippen molar-refractivity contribution in [2.24, 2.45) is 0 Å². The fraction of sp³-hybridized carbons (Fsp3) is 0.250. The van der Waals surface area contributed by atoms with Crippen molar-refractivity contribution in [3.05, 3.63) is 23.8 Å². The second-order valence-corrected chi connectivity index (χ2v) is 7.30. The molecule has 0 aromatic heterocycles. The molecule has 0 radical (unpaired) electrons. The second-order valence-electron chi connectivity index (χ2n) is 3.61. The zero-order chi connectivity index (χ0) is 15.1. The maximum absolute atomic E-state index is 12.5. The van der Waals surface area contributed by atoms with Crippen LogP contribution in [-0.4, -0.2) is 23.1 Å². The van der Waals surface area contributed by atoms with Crippen LogP contribution >= 0.6 is 0 Å². The van der Waals surface area contributed by atoms with Gasteiger partial charge in [-0.3, -0.25) is 0 Å². The van der Waals surface area contributed by atoms with Crippen LogP contribution < -0.4 is 9.86 Å². The summed E-state index contributed by atoms with van der Waals surface area (Å²) in [4.78, 5) is -0.848. The zero-order valence-corrected chi connectivity index (χ0v) is 11.0. The maximum Gasteiger partial charge on any atom is 0.418 e. The summed E-state index contributed by atoms with van der Waals surface area (Å²) in [5.41, 5.74) is 3.07. The van der Waals surface area contributed by atoms with Crippen LogP contribution in [0.3, 0.4) is 0 Å². The molecule has 0 aliphatic rings. The normalized spacial score (nSPS) is 13.5. The molecule has 0 unspecified atom stereocenters. The van der Waals surface area contributed by atoms with E-state index in [2.05, 4.69) is 0 Å². The number of anilines is 1. The number of halogens is 3. The van der Waals surface area contributed by atoms with Gasteiger partial charge in [0.05, 0.1) is 16.7 Å². The van der Waals surface area contributed by atoms with Crippen LogP contribution in [-0.2, 0) is 26.2 Å². The third-order valence-electron chi connectivity index (χ3n) is 1.90. The van der Waals surface area contributed by atoms with Gasteiger partial charge in [-0.2, -0.15) is 13.2 Å². The van der Waals surface area contributed by atoms with E-state index in [1.807, 2.05) is 0 Å². The Balaban J connectivity index is 3.39. The molecule has 0 saturated carbocycles. The highest BCUT2D eigenvalue weighted by atomic mass is 32.3. The molecule has 0 amide bonds. The number of nitrogens with two attached hydrogens (primary N) is 1. The Morgan fingerprint density at radius 2 is 1.68 bits per heavy atom. The van der Waals surface area contributed by atoms with E-state index in [9.17, 15) is 30.0 Å². The molecule has 1 rings (SSSR count). The second kappa shape index (κ2) is 4.65. The highest BCUT2D eigenvalue weighted by Gasteiger charge is 2.34. The standard InChI is InChI=1S/C8H9F3N2O4S2/c1-18(14,15)13-19(16,17)5-2-3-7(12)6(4-5)8(9,10)11/h2-4,13H,12H2,1H3. The molecule has 0 aliphatic heterocycles. The lowest BCUT2D eigenvalue weighted by Gasteiger charge is -2.12. The van der Waals surface area contributed by atoms with E-state index in [1.165, 1.54) is 4.13 Å². The third-order valence-corrected chi connectivity index (χ3v) is 4.86. The summed E-state index contributed by atoms with van der Waals surface area (Å²) in [5.74, 6) is 0. The molecule has 1 aromatic rings. The molecule has 0 atom stereocenters. The number of hydrogen-bond donors (Lipinski definition) is 2. The number of sulfonamides is 2. The van der Waals surface area contributed by atoms with E-state index < -0.39 is 42.4 Å². The Kier molecular flexibility index (Phi) is 3.85. The first-order valence-electron chi connectivity index (χ1n) is 4.53. The summed E-state index contributed by atoms with van der Waals surface area (Å²) in [6.07, 6.45) is -4.28. The van der Waals surface area contributed by atoms with Crippen LogP contribution in [0.4, 0.5) is 18.9 Å². The largest absolute Gasteiger partial charge is 0.418 e. The molecule has 11 heteroatoms. The van der Waals surface area contributed by atoms with E-state index in [1.54, 1.807) is 0 Å². The van der Waals surface area contributed by atoms with Gasteiger partial charge in [-0.15, -0.1) is 4.13 Å². The Bertz CT molecular complexity index is 695. The number of alkyl halides is 3. The van der Waals surface area contributed by atoms with Gasteiger partial charge in [-0.05, 0) is 18.2 Å². The van der Waals surface area contributed by atoms with E-state index in [-0.39, 0.29) is 6.07 Å². The van der Waals surface area contributed by atoms with Crippen molar-refractivity contribution in [3.8, 4) is 0 Å². The lowest BCUT2D eigenvalue weighted by atomic mass is 10.2. The first-order valence-corrected chi connectivity index (χ1v) is 7.91. The van der Waals surface area contributed by atoms with Crippen LogP contribution in [0.25, 0.3) is 0 Å². The van der Waals surface area contributed by atoms with Crippen LogP contribution in [0.5, 0.6) is 0 Å². The van der Waals surface area contributed by atoms with Crippen LogP contribution in [0.2, 0.25) is 0 Å². The van der Waals surface area contributed by atoms with Crippen molar-refractivity contribution in [1.82, 2.24) is 4.13 Å². The number of hydrogen-bond acceptors (Lipinski definition) is 5. The molecule has 0 aliphatic carbocycles. The van der Waals surface area contributed by atoms with Gasteiger partial charge < -0.3 is 5.73 Å². The van der Waals surface area contributed by atoms with Gasteiger partial charge in [0.25, 0.3) is 10.0 Å². The number of nitrogen functional groups attached to an aromatic ring is 1. The predicted octanol–water partition coefficient (Wildman–Crippen LogP) is 0.525. The van der Waals surface area contributed by atoms with Crippen LogP contribution in [0.1, 0.15) is 5.56 Å². The van der Waals surface area contributed by atoms with Crippen LogP contribution in [0.15, 0.2) is 23.1 Å². The van der Waals surface area contributed by atoms with Crippen molar-refractivity contribution in [2.75, 3.05) is 12.0 Å².